The molecule has 0 unspecified atom stereocenters. The lowest BCUT2D eigenvalue weighted by Crippen LogP contribution is -2.28. The van der Waals surface area contributed by atoms with Crippen LogP contribution in [-0.2, 0) is 0 Å². The molecule has 0 saturated carbocycles. The van der Waals surface area contributed by atoms with Gasteiger partial charge in [-0.05, 0) is 45.7 Å². The number of amides is 1. The maximum absolute atomic E-state index is 15.7. The first-order valence-corrected chi connectivity index (χ1v) is 13.1. The van der Waals surface area contributed by atoms with E-state index < -0.39 is 5.82 Å². The fourth-order valence-electron chi connectivity index (χ4n) is 5.03. The maximum atomic E-state index is 15.7. The van der Waals surface area contributed by atoms with Gasteiger partial charge in [0.2, 0.25) is 0 Å². The Morgan fingerprint density at radius 3 is 2.58 bits per heavy atom. The molecule has 198 valence electrons. The summed E-state index contributed by atoms with van der Waals surface area (Å²) in [5.41, 5.74) is 9.22. The van der Waals surface area contributed by atoms with Crippen molar-refractivity contribution in [3.05, 3.63) is 70.4 Å². The minimum absolute atomic E-state index is 0.0473. The summed E-state index contributed by atoms with van der Waals surface area (Å²) in [7, 11) is 0. The van der Waals surface area contributed by atoms with Crippen molar-refractivity contribution in [1.29, 1.82) is 0 Å². The van der Waals surface area contributed by atoms with Gasteiger partial charge in [-0.3, -0.25) is 14.2 Å². The maximum Gasteiger partial charge on any atom is 0.272 e. The van der Waals surface area contributed by atoms with Crippen LogP contribution in [0.2, 0.25) is 5.02 Å². The van der Waals surface area contributed by atoms with E-state index in [0.29, 0.717) is 34.2 Å². The van der Waals surface area contributed by atoms with E-state index in [2.05, 4.69) is 9.97 Å². The predicted molar refractivity (Wildman–Crippen MR) is 145 cm³/mol. The van der Waals surface area contributed by atoms with E-state index in [1.165, 1.54) is 6.20 Å². The van der Waals surface area contributed by atoms with E-state index in [-0.39, 0.29) is 28.5 Å². The van der Waals surface area contributed by atoms with Crippen molar-refractivity contribution >= 4 is 28.8 Å². The summed E-state index contributed by atoms with van der Waals surface area (Å²) in [6.45, 7) is 9.03. The van der Waals surface area contributed by atoms with Gasteiger partial charge in [0, 0.05) is 48.7 Å². The lowest BCUT2D eigenvalue weighted by Gasteiger charge is -2.23. The molecule has 4 heterocycles. The Morgan fingerprint density at radius 1 is 1.18 bits per heavy atom. The van der Waals surface area contributed by atoms with Crippen LogP contribution in [0.15, 0.2) is 36.8 Å². The van der Waals surface area contributed by atoms with Gasteiger partial charge in [-0.15, -0.1) is 0 Å². The van der Waals surface area contributed by atoms with Gasteiger partial charge in [-0.1, -0.05) is 24.6 Å². The smallest absolute Gasteiger partial charge is 0.272 e. The van der Waals surface area contributed by atoms with Crippen LogP contribution < -0.4 is 10.5 Å². The highest BCUT2D eigenvalue weighted by atomic mass is 35.5. The highest BCUT2D eigenvalue weighted by Gasteiger charge is 2.28. The number of nitrogens with two attached hydrogens (primary N) is 1. The van der Waals surface area contributed by atoms with Crippen molar-refractivity contribution in [1.82, 2.24) is 24.3 Å². The molecule has 8 nitrogen and oxygen atoms in total. The zero-order chi connectivity index (χ0) is 27.1. The summed E-state index contributed by atoms with van der Waals surface area (Å²) in [6, 6.07) is 4.90. The number of imidazole rings is 1. The summed E-state index contributed by atoms with van der Waals surface area (Å²) in [4.78, 5) is 27.9. The summed E-state index contributed by atoms with van der Waals surface area (Å²) < 4.78 is 23.8. The predicted octanol–water partition coefficient (Wildman–Crippen LogP) is 5.65. The highest BCUT2D eigenvalue weighted by molar-refractivity contribution is 6.31. The summed E-state index contributed by atoms with van der Waals surface area (Å²) in [5, 5.41) is -0.0473. The number of hydrogen-bond donors (Lipinski definition) is 1. The number of carbonyl (C=O) groups is 1. The third-order valence-corrected chi connectivity index (χ3v) is 7.13. The molecule has 10 heteroatoms. The molecular weight excluding hydrogens is 507 g/mol. The van der Waals surface area contributed by atoms with Gasteiger partial charge < -0.3 is 15.4 Å². The number of ether oxygens (including phenoxy) is 1. The largest absolute Gasteiger partial charge is 0.490 e. The third kappa shape index (κ3) is 4.55. The number of pyridine rings is 1. The monoisotopic (exact) mass is 536 g/mol. The molecule has 1 aromatic carbocycles. The Labute approximate surface area is 225 Å². The number of nitrogens with zero attached hydrogens (tertiary/aromatic N) is 5. The molecule has 0 radical (unpaired) electrons. The first kappa shape index (κ1) is 25.9. The number of carbonyl (C=O) groups excluding carboxylic acids is 1. The first-order chi connectivity index (χ1) is 18.2. The molecule has 1 amide bonds. The molecule has 1 aliphatic heterocycles. The van der Waals surface area contributed by atoms with Crippen LogP contribution >= 0.6 is 11.6 Å². The molecule has 1 atom stereocenters. The Morgan fingerprint density at radius 2 is 1.92 bits per heavy atom. The number of rotatable bonds is 6. The lowest BCUT2D eigenvalue weighted by atomic mass is 9.93. The number of halogens is 2. The molecule has 3 aromatic heterocycles. The van der Waals surface area contributed by atoms with Gasteiger partial charge in [0.15, 0.2) is 5.82 Å². The Bertz CT molecular complexity index is 1510. The number of hydrogen-bond acceptors (Lipinski definition) is 6. The number of fused-ring (bicyclic) bond motifs is 1. The molecule has 5 rings (SSSR count). The molecular formula is C28H30ClFN6O2. The first-order valence-electron chi connectivity index (χ1n) is 12.7. The molecule has 0 spiro atoms. The minimum atomic E-state index is -0.615. The van der Waals surface area contributed by atoms with Crippen LogP contribution in [-0.4, -0.2) is 49.4 Å². The molecule has 1 fully saturated rings. The molecule has 1 saturated heterocycles. The van der Waals surface area contributed by atoms with Crippen molar-refractivity contribution in [2.75, 3.05) is 18.8 Å². The third-order valence-electron chi connectivity index (χ3n) is 6.86. The van der Waals surface area contributed by atoms with Crippen molar-refractivity contribution in [2.24, 2.45) is 0 Å². The Hall–Kier alpha value is -3.72. The zero-order valence-electron chi connectivity index (χ0n) is 21.8. The van der Waals surface area contributed by atoms with Crippen LogP contribution in [0.4, 0.5) is 10.2 Å². The van der Waals surface area contributed by atoms with Gasteiger partial charge in [0.25, 0.3) is 5.91 Å². The summed E-state index contributed by atoms with van der Waals surface area (Å²) >= 11 is 6.46. The molecule has 0 aliphatic carbocycles. The average Bonchev–Trinajstić information content (AvgIpc) is 3.54. The van der Waals surface area contributed by atoms with Gasteiger partial charge in [-0.2, -0.15) is 0 Å². The Kier molecular flexibility index (Phi) is 6.96. The molecule has 1 aliphatic rings. The fraction of sp³-hybridized carbons (Fsp3) is 0.357. The van der Waals surface area contributed by atoms with Crippen LogP contribution in [0.5, 0.6) is 5.75 Å². The minimum Gasteiger partial charge on any atom is -0.490 e. The van der Waals surface area contributed by atoms with Gasteiger partial charge in [-0.25, -0.2) is 14.4 Å². The van der Waals surface area contributed by atoms with Crippen LogP contribution in [0.3, 0.4) is 0 Å². The summed E-state index contributed by atoms with van der Waals surface area (Å²) in [6.07, 6.45) is 6.65. The van der Waals surface area contributed by atoms with Crippen LogP contribution in [0.1, 0.15) is 67.1 Å². The van der Waals surface area contributed by atoms with E-state index in [0.717, 1.165) is 37.1 Å². The van der Waals surface area contributed by atoms with Crippen LogP contribution in [0.25, 0.3) is 16.6 Å². The normalized spacial score (nSPS) is 14.4. The standard InChI is InChI=1S/C28H30ClFN6O2/c1-15(2)38-25-19(16(3)27-34-17(4)24-26(31)32-9-12-36(24)27)13-20(29)23(30)22(25)18-7-8-21(33-14-18)28(37)35-10-5-6-11-35/h7-9,12-16H,5-6,10-11H2,1-4H3,(H2,31,32)/t16-/m0/s1. The second-order valence-electron chi connectivity index (χ2n) is 9.87. The number of likely N-dealkylation sites (tertiary alicyclic amines) is 1. The number of nitrogen functional groups attached to an aromatic ring is 1. The average molecular weight is 537 g/mol. The topological polar surface area (TPSA) is 98.6 Å². The van der Waals surface area contributed by atoms with Gasteiger partial charge in [0.1, 0.15) is 28.6 Å². The zero-order valence-corrected chi connectivity index (χ0v) is 22.6. The Balaban J connectivity index is 1.63. The lowest BCUT2D eigenvalue weighted by molar-refractivity contribution is 0.0787. The quantitative estimate of drug-likeness (QED) is 0.342. The second kappa shape index (κ2) is 10.2. The molecule has 2 N–H and O–H groups in total. The van der Waals surface area contributed by atoms with Crippen molar-refractivity contribution in [3.8, 4) is 16.9 Å². The number of anilines is 1. The number of aryl methyl sites for hydroxylation is 1. The molecule has 38 heavy (non-hydrogen) atoms. The van der Waals surface area contributed by atoms with Crippen molar-refractivity contribution in [3.63, 3.8) is 0 Å². The van der Waals surface area contributed by atoms with E-state index in [4.69, 9.17) is 27.1 Å². The number of benzene rings is 1. The molecule has 4 aromatic rings. The second-order valence-corrected chi connectivity index (χ2v) is 10.3. The van der Waals surface area contributed by atoms with E-state index in [1.54, 1.807) is 35.5 Å². The van der Waals surface area contributed by atoms with Gasteiger partial charge in [0.05, 0.1) is 22.4 Å². The van der Waals surface area contributed by atoms with E-state index in [9.17, 15) is 4.79 Å². The SMILES string of the molecule is Cc1nc([C@@H](C)c2cc(Cl)c(F)c(-c3ccc(C(=O)N4CCCC4)nc3)c2OC(C)C)n2ccnc(N)c12. The number of aromatic nitrogens is 4. The van der Waals surface area contributed by atoms with Crippen LogP contribution in [0, 0.1) is 12.7 Å². The fourth-order valence-corrected chi connectivity index (χ4v) is 5.25. The van der Waals surface area contributed by atoms with Crippen molar-refractivity contribution in [2.45, 2.75) is 52.6 Å². The van der Waals surface area contributed by atoms with E-state index >= 15 is 4.39 Å². The highest BCUT2D eigenvalue weighted by Crippen LogP contribution is 2.44. The van der Waals surface area contributed by atoms with E-state index in [1.807, 2.05) is 32.1 Å². The summed E-state index contributed by atoms with van der Waals surface area (Å²) in [5.74, 6) is 0.347. The van der Waals surface area contributed by atoms with Crippen molar-refractivity contribution < 1.29 is 13.9 Å². The van der Waals surface area contributed by atoms with Gasteiger partial charge >= 0.3 is 0 Å². The molecule has 0 bridgehead atoms.